The van der Waals surface area contributed by atoms with Gasteiger partial charge in [-0.15, -0.1) is 0 Å². The van der Waals surface area contributed by atoms with Crippen LogP contribution in [-0.2, 0) is 4.79 Å². The molecule has 0 radical (unpaired) electrons. The van der Waals surface area contributed by atoms with E-state index in [1.807, 2.05) is 36.1 Å². The van der Waals surface area contributed by atoms with E-state index >= 15 is 0 Å². The quantitative estimate of drug-likeness (QED) is 0.582. The first-order chi connectivity index (χ1) is 15.1. The van der Waals surface area contributed by atoms with Gasteiger partial charge in [0.15, 0.2) is 10.8 Å². The molecule has 1 saturated heterocycles. The molecule has 2 atom stereocenters. The number of benzene rings is 1. The molecule has 4 heterocycles. The topological polar surface area (TPSA) is 73.0 Å². The van der Waals surface area contributed by atoms with E-state index in [4.69, 9.17) is 4.98 Å². The van der Waals surface area contributed by atoms with E-state index < -0.39 is 0 Å². The van der Waals surface area contributed by atoms with Crippen LogP contribution in [0.15, 0.2) is 40.4 Å². The Morgan fingerprint density at radius 3 is 2.87 bits per heavy atom. The molecule has 162 valence electrons. The van der Waals surface area contributed by atoms with E-state index in [9.17, 15) is 9.59 Å². The van der Waals surface area contributed by atoms with Gasteiger partial charge in [0.25, 0.3) is 5.56 Å². The normalized spacial score (nSPS) is 20.9. The van der Waals surface area contributed by atoms with E-state index in [-0.39, 0.29) is 17.5 Å². The first kappa shape index (κ1) is 20.3. The lowest BCUT2D eigenvalue weighted by atomic mass is 9.99. The first-order valence-corrected chi connectivity index (χ1v) is 12.1. The summed E-state index contributed by atoms with van der Waals surface area (Å²) in [6.45, 7) is 5.00. The maximum Gasteiger partial charge on any atom is 0.265 e. The number of carbonyl (C=O) groups excluding carboxylic acids is 1. The van der Waals surface area contributed by atoms with Gasteiger partial charge in [0.1, 0.15) is 5.39 Å². The fraction of sp³-hybridized carbons (Fsp3) is 0.478. The SMILES string of the molecule is CCC1CCCCN1C(=O)CC1CSc2nc3c(cnn3-c3ccccc3C)c(=O)n21. The largest absolute Gasteiger partial charge is 0.340 e. The van der Waals surface area contributed by atoms with E-state index in [1.54, 1.807) is 27.2 Å². The fourth-order valence-electron chi connectivity index (χ4n) is 4.83. The first-order valence-electron chi connectivity index (χ1n) is 11.1. The van der Waals surface area contributed by atoms with Crippen LogP contribution in [0.3, 0.4) is 0 Å². The Morgan fingerprint density at radius 2 is 2.06 bits per heavy atom. The highest BCUT2D eigenvalue weighted by molar-refractivity contribution is 7.99. The zero-order valence-electron chi connectivity index (χ0n) is 18.0. The number of nitrogens with zero attached hydrogens (tertiary/aromatic N) is 5. The molecule has 1 amide bonds. The summed E-state index contributed by atoms with van der Waals surface area (Å²) in [5, 5.41) is 5.64. The molecule has 1 aromatic carbocycles. The van der Waals surface area contributed by atoms with Crippen LogP contribution >= 0.6 is 11.8 Å². The number of hydrogen-bond acceptors (Lipinski definition) is 5. The van der Waals surface area contributed by atoms with Crippen molar-refractivity contribution in [1.29, 1.82) is 0 Å². The van der Waals surface area contributed by atoms with Gasteiger partial charge in [0, 0.05) is 24.8 Å². The van der Waals surface area contributed by atoms with E-state index in [0.717, 1.165) is 37.1 Å². The summed E-state index contributed by atoms with van der Waals surface area (Å²) in [7, 11) is 0. The van der Waals surface area contributed by atoms with Crippen molar-refractivity contribution < 1.29 is 4.79 Å². The number of para-hydroxylation sites is 1. The number of piperidine rings is 1. The number of fused-ring (bicyclic) bond motifs is 2. The molecule has 2 aliphatic heterocycles. The number of carbonyl (C=O) groups is 1. The van der Waals surface area contributed by atoms with Crippen LogP contribution < -0.4 is 5.56 Å². The van der Waals surface area contributed by atoms with Crippen molar-refractivity contribution >= 4 is 28.7 Å². The molecule has 7 nitrogen and oxygen atoms in total. The second-order valence-electron chi connectivity index (χ2n) is 8.46. The number of aryl methyl sites for hydroxylation is 1. The maximum atomic E-state index is 13.4. The van der Waals surface area contributed by atoms with Crippen LogP contribution in [0.1, 0.15) is 50.6 Å². The van der Waals surface area contributed by atoms with Crippen molar-refractivity contribution in [3.8, 4) is 5.69 Å². The molecule has 8 heteroatoms. The van der Waals surface area contributed by atoms with Gasteiger partial charge >= 0.3 is 0 Å². The highest BCUT2D eigenvalue weighted by Crippen LogP contribution is 2.34. The molecule has 2 unspecified atom stereocenters. The van der Waals surface area contributed by atoms with Crippen molar-refractivity contribution in [2.45, 2.75) is 63.2 Å². The Morgan fingerprint density at radius 1 is 1.23 bits per heavy atom. The number of aromatic nitrogens is 4. The molecule has 2 aliphatic rings. The summed E-state index contributed by atoms with van der Waals surface area (Å²) in [6, 6.07) is 8.11. The zero-order valence-corrected chi connectivity index (χ0v) is 18.8. The molecule has 0 saturated carbocycles. The number of thioether (sulfide) groups is 1. The Hall–Kier alpha value is -2.61. The van der Waals surface area contributed by atoms with Gasteiger partial charge < -0.3 is 4.90 Å². The highest BCUT2D eigenvalue weighted by Gasteiger charge is 2.33. The lowest BCUT2D eigenvalue weighted by Crippen LogP contribution is -2.44. The second kappa shape index (κ2) is 8.15. The molecule has 5 rings (SSSR count). The average molecular weight is 438 g/mol. The zero-order chi connectivity index (χ0) is 21.5. The van der Waals surface area contributed by atoms with E-state index in [1.165, 1.54) is 6.42 Å². The van der Waals surface area contributed by atoms with Crippen LogP contribution in [0.2, 0.25) is 0 Å². The molecule has 2 aromatic heterocycles. The Labute approximate surface area is 185 Å². The van der Waals surface area contributed by atoms with Gasteiger partial charge in [-0.3, -0.25) is 14.2 Å². The van der Waals surface area contributed by atoms with E-state index in [0.29, 0.717) is 34.4 Å². The molecule has 3 aromatic rings. The third-order valence-electron chi connectivity index (χ3n) is 6.54. The fourth-order valence-corrected chi connectivity index (χ4v) is 5.96. The molecular weight excluding hydrogens is 410 g/mol. The minimum Gasteiger partial charge on any atom is -0.340 e. The summed E-state index contributed by atoms with van der Waals surface area (Å²) in [6.07, 6.45) is 6.29. The van der Waals surface area contributed by atoms with Gasteiger partial charge in [-0.25, -0.2) is 9.67 Å². The van der Waals surface area contributed by atoms with Crippen molar-refractivity contribution in [2.75, 3.05) is 12.3 Å². The van der Waals surface area contributed by atoms with Crippen LogP contribution in [-0.4, -0.2) is 48.5 Å². The highest BCUT2D eigenvalue weighted by atomic mass is 32.2. The van der Waals surface area contributed by atoms with Gasteiger partial charge in [-0.2, -0.15) is 5.10 Å². The molecule has 0 bridgehead atoms. The number of amides is 1. The summed E-state index contributed by atoms with van der Waals surface area (Å²) >= 11 is 1.55. The molecule has 0 aliphatic carbocycles. The second-order valence-corrected chi connectivity index (χ2v) is 9.45. The van der Waals surface area contributed by atoms with Gasteiger partial charge in [0.2, 0.25) is 5.91 Å². The predicted molar refractivity (Wildman–Crippen MR) is 122 cm³/mol. The van der Waals surface area contributed by atoms with Crippen molar-refractivity contribution in [3.05, 3.63) is 46.4 Å². The van der Waals surface area contributed by atoms with Crippen molar-refractivity contribution in [2.24, 2.45) is 0 Å². The number of rotatable bonds is 4. The van der Waals surface area contributed by atoms with Crippen LogP contribution in [0, 0.1) is 6.92 Å². The third-order valence-corrected chi connectivity index (χ3v) is 7.64. The number of hydrogen-bond donors (Lipinski definition) is 0. The molecular formula is C23H27N5O2S. The molecule has 1 fully saturated rings. The van der Waals surface area contributed by atoms with Gasteiger partial charge in [-0.05, 0) is 44.2 Å². The van der Waals surface area contributed by atoms with Crippen molar-refractivity contribution in [3.63, 3.8) is 0 Å². The summed E-state index contributed by atoms with van der Waals surface area (Å²) in [5.41, 5.74) is 2.46. The molecule has 0 spiro atoms. The lowest BCUT2D eigenvalue weighted by Gasteiger charge is -2.36. The predicted octanol–water partition coefficient (Wildman–Crippen LogP) is 3.72. The monoisotopic (exact) mass is 437 g/mol. The maximum absolute atomic E-state index is 13.4. The molecule has 31 heavy (non-hydrogen) atoms. The lowest BCUT2D eigenvalue weighted by molar-refractivity contribution is -0.135. The standard InChI is InChI=1S/C23H27N5O2S/c1-3-16-9-6-7-11-26(16)20(29)12-17-14-31-23-25-21-18(22(30)27(17)23)13-24-28(21)19-10-5-4-8-15(19)2/h4-5,8,10,13,16-17H,3,6-7,9,11-12,14H2,1-2H3. The summed E-state index contributed by atoms with van der Waals surface area (Å²) in [4.78, 5) is 33.3. The van der Waals surface area contributed by atoms with Crippen LogP contribution in [0.5, 0.6) is 0 Å². The van der Waals surface area contributed by atoms with E-state index in [2.05, 4.69) is 12.0 Å². The summed E-state index contributed by atoms with van der Waals surface area (Å²) < 4.78 is 3.46. The Bertz CT molecular complexity index is 1200. The smallest absolute Gasteiger partial charge is 0.265 e. The third kappa shape index (κ3) is 3.46. The average Bonchev–Trinajstić information content (AvgIpc) is 3.39. The summed E-state index contributed by atoms with van der Waals surface area (Å²) in [5.74, 6) is 0.857. The van der Waals surface area contributed by atoms with Crippen LogP contribution in [0.4, 0.5) is 0 Å². The Balaban J connectivity index is 1.48. The minimum absolute atomic E-state index is 0.103. The Kier molecular flexibility index (Phi) is 5.33. The van der Waals surface area contributed by atoms with Gasteiger partial charge in [-0.1, -0.05) is 36.9 Å². The van der Waals surface area contributed by atoms with Crippen LogP contribution in [0.25, 0.3) is 16.7 Å². The minimum atomic E-state index is -0.154. The molecule has 0 N–H and O–H groups in total. The van der Waals surface area contributed by atoms with Crippen molar-refractivity contribution in [1.82, 2.24) is 24.2 Å². The number of likely N-dealkylation sites (tertiary alicyclic amines) is 1. The van der Waals surface area contributed by atoms with Gasteiger partial charge in [0.05, 0.1) is 17.9 Å².